The van der Waals surface area contributed by atoms with E-state index in [1.807, 2.05) is 0 Å². The summed E-state index contributed by atoms with van der Waals surface area (Å²) in [5, 5.41) is 8.58. The van der Waals surface area contributed by atoms with Crippen molar-refractivity contribution in [3.05, 3.63) is 68.9 Å². The summed E-state index contributed by atoms with van der Waals surface area (Å²) >= 11 is 0. The Hall–Kier alpha value is -2.22. The molecular weight excluding hydrogens is 258 g/mol. The molecule has 1 aliphatic carbocycles. The molecule has 2 aliphatic rings. The van der Waals surface area contributed by atoms with Gasteiger partial charge in [-0.15, -0.1) is 0 Å². The van der Waals surface area contributed by atoms with Crippen molar-refractivity contribution in [3.63, 3.8) is 0 Å². The van der Waals surface area contributed by atoms with Crippen LogP contribution in [0.2, 0.25) is 0 Å². The van der Waals surface area contributed by atoms with Gasteiger partial charge in [0.05, 0.1) is 6.04 Å². The molecule has 1 aliphatic heterocycles. The van der Waals surface area contributed by atoms with E-state index in [1.165, 1.54) is 21.2 Å². The molecule has 2 heteroatoms. The van der Waals surface area contributed by atoms with E-state index in [0.717, 1.165) is 17.7 Å². The van der Waals surface area contributed by atoms with E-state index in [0.29, 0.717) is 12.0 Å². The molecule has 0 aromatic heterocycles. The molecule has 0 amide bonds. The summed E-state index contributed by atoms with van der Waals surface area (Å²) in [4.78, 5) is 0. The molecule has 0 radical (unpaired) electrons. The largest absolute Gasteiger partial charge is 0.477 e. The number of benzene rings is 2. The van der Waals surface area contributed by atoms with Crippen molar-refractivity contribution in [2.75, 3.05) is 6.61 Å². The van der Waals surface area contributed by atoms with Crippen molar-refractivity contribution >= 4 is 12.0 Å². The molecule has 1 atom stereocenters. The second-order valence-corrected chi connectivity index (χ2v) is 6.17. The van der Waals surface area contributed by atoms with E-state index in [4.69, 9.17) is 4.74 Å². The maximum atomic E-state index is 5.84. The van der Waals surface area contributed by atoms with Gasteiger partial charge >= 0.3 is 0 Å². The van der Waals surface area contributed by atoms with Crippen LogP contribution in [-0.2, 0) is 4.74 Å². The molecule has 2 nitrogen and oxygen atoms in total. The van der Waals surface area contributed by atoms with Gasteiger partial charge in [0.15, 0.2) is 5.88 Å². The second-order valence-electron chi connectivity index (χ2n) is 6.17. The minimum Gasteiger partial charge on any atom is -0.477 e. The van der Waals surface area contributed by atoms with Crippen LogP contribution < -0.4 is 15.8 Å². The van der Waals surface area contributed by atoms with Gasteiger partial charge in [-0.05, 0) is 45.3 Å². The third kappa shape index (κ3) is 2.02. The zero-order chi connectivity index (χ0) is 14.4. The van der Waals surface area contributed by atoms with Crippen LogP contribution in [0.3, 0.4) is 0 Å². The monoisotopic (exact) mass is 277 g/mol. The van der Waals surface area contributed by atoms with Crippen molar-refractivity contribution in [2.45, 2.75) is 19.9 Å². The Kier molecular flexibility index (Phi) is 2.78. The Morgan fingerprint density at radius 3 is 2.76 bits per heavy atom. The van der Waals surface area contributed by atoms with Crippen LogP contribution in [0, 0.1) is 16.4 Å². The molecule has 0 saturated carbocycles. The molecule has 106 valence electrons. The summed E-state index contributed by atoms with van der Waals surface area (Å²) < 4.78 is 5.84. The van der Waals surface area contributed by atoms with Gasteiger partial charge < -0.3 is 10.1 Å². The first kappa shape index (κ1) is 12.5. The molecule has 1 N–H and O–H groups in total. The summed E-state index contributed by atoms with van der Waals surface area (Å²) in [6, 6.07) is 15.5. The van der Waals surface area contributed by atoms with Crippen LogP contribution in [0.1, 0.15) is 19.4 Å². The summed E-state index contributed by atoms with van der Waals surface area (Å²) in [5.41, 5.74) is 1.28. The minimum atomic E-state index is 0.412. The van der Waals surface area contributed by atoms with E-state index < -0.39 is 0 Å². The second kappa shape index (κ2) is 4.66. The fourth-order valence-electron chi connectivity index (χ4n) is 3.05. The number of hydrogen-bond acceptors (Lipinski definition) is 2. The number of fused-ring (bicyclic) bond motifs is 2. The predicted octanol–water partition coefficient (Wildman–Crippen LogP) is 1.83. The summed E-state index contributed by atoms with van der Waals surface area (Å²) in [7, 11) is 0. The number of nitrogens with one attached hydrogen (secondary N) is 1. The van der Waals surface area contributed by atoms with Gasteiger partial charge in [0.2, 0.25) is 0 Å². The van der Waals surface area contributed by atoms with Gasteiger partial charge in [0.1, 0.15) is 6.61 Å². The van der Waals surface area contributed by atoms with Crippen molar-refractivity contribution in [1.29, 1.82) is 0 Å². The molecule has 1 fully saturated rings. The lowest BCUT2D eigenvalue weighted by Crippen LogP contribution is -2.29. The first-order valence-corrected chi connectivity index (χ1v) is 7.57. The maximum Gasteiger partial charge on any atom is 0.194 e. The Morgan fingerprint density at radius 1 is 1.10 bits per heavy atom. The lowest BCUT2D eigenvalue weighted by atomic mass is 10.1. The molecule has 1 unspecified atom stereocenters. The molecule has 1 saturated heterocycles. The Labute approximate surface area is 124 Å². The van der Waals surface area contributed by atoms with Crippen LogP contribution in [0.25, 0.3) is 12.0 Å². The Morgan fingerprint density at radius 2 is 1.95 bits per heavy atom. The predicted molar refractivity (Wildman–Crippen MR) is 84.5 cm³/mol. The third-order valence-electron chi connectivity index (χ3n) is 4.40. The fraction of sp³-hybridized carbons (Fsp3) is 0.263. The fourth-order valence-corrected chi connectivity index (χ4v) is 3.05. The van der Waals surface area contributed by atoms with E-state index >= 15 is 0 Å². The smallest absolute Gasteiger partial charge is 0.194 e. The van der Waals surface area contributed by atoms with E-state index in [1.54, 1.807) is 0 Å². The van der Waals surface area contributed by atoms with Crippen molar-refractivity contribution in [3.8, 4) is 0 Å². The number of hydrogen-bond donors (Lipinski definition) is 1. The molecule has 2 aromatic rings. The van der Waals surface area contributed by atoms with Gasteiger partial charge in [-0.3, -0.25) is 0 Å². The van der Waals surface area contributed by atoms with Crippen molar-refractivity contribution in [2.24, 2.45) is 5.92 Å². The van der Waals surface area contributed by atoms with Crippen LogP contribution >= 0.6 is 0 Å². The topological polar surface area (TPSA) is 21.3 Å². The lowest BCUT2D eigenvalue weighted by molar-refractivity contribution is 0.282. The quantitative estimate of drug-likeness (QED) is 0.733. The first-order chi connectivity index (χ1) is 10.2. The molecule has 4 rings (SSSR count). The zero-order valence-corrected chi connectivity index (χ0v) is 12.4. The molecular formula is C19H19NO. The highest BCUT2D eigenvalue weighted by molar-refractivity contribution is 5.56. The molecule has 0 spiro atoms. The zero-order valence-electron chi connectivity index (χ0n) is 12.4. The summed E-state index contributed by atoms with van der Waals surface area (Å²) in [5.74, 6) is 1.49. The first-order valence-electron chi connectivity index (χ1n) is 7.57. The summed E-state index contributed by atoms with van der Waals surface area (Å²) in [6.07, 6.45) is 2.25. The Bertz CT molecular complexity index is 911. The lowest BCUT2D eigenvalue weighted by Gasteiger charge is -2.11. The normalized spacial score (nSPS) is 21.4. The van der Waals surface area contributed by atoms with E-state index in [9.17, 15) is 0 Å². The maximum absolute atomic E-state index is 5.84. The molecule has 1 heterocycles. The van der Waals surface area contributed by atoms with Gasteiger partial charge in [-0.2, -0.15) is 0 Å². The van der Waals surface area contributed by atoms with Gasteiger partial charge in [0, 0.05) is 5.22 Å². The van der Waals surface area contributed by atoms with Crippen LogP contribution in [0.5, 0.6) is 0 Å². The average Bonchev–Trinajstić information content (AvgIpc) is 3.11. The highest BCUT2D eigenvalue weighted by Crippen LogP contribution is 2.14. The standard InChI is InChI=1S/C19H19NO/c1-12(2)18-11-21-19(20-18)14-7-8-17-15(10-14)9-13-5-3-4-6-16(13)17/h3-10,12,18,20H,11H2,1-2H3. The minimum absolute atomic E-state index is 0.412. The number of ether oxygens (including phenoxy) is 1. The van der Waals surface area contributed by atoms with Crippen LogP contribution in [-0.4, -0.2) is 12.6 Å². The number of rotatable bonds is 1. The summed E-state index contributed by atoms with van der Waals surface area (Å²) in [6.45, 7) is 5.20. The van der Waals surface area contributed by atoms with E-state index in [2.05, 4.69) is 67.7 Å². The van der Waals surface area contributed by atoms with Gasteiger partial charge in [0.25, 0.3) is 0 Å². The Balaban J connectivity index is 1.86. The van der Waals surface area contributed by atoms with Crippen LogP contribution in [0.4, 0.5) is 0 Å². The molecule has 0 bridgehead atoms. The average molecular weight is 277 g/mol. The third-order valence-corrected chi connectivity index (χ3v) is 4.40. The van der Waals surface area contributed by atoms with Crippen LogP contribution in [0.15, 0.2) is 42.5 Å². The van der Waals surface area contributed by atoms with Crippen molar-refractivity contribution in [1.82, 2.24) is 5.32 Å². The highest BCUT2D eigenvalue weighted by Gasteiger charge is 2.22. The van der Waals surface area contributed by atoms with Gasteiger partial charge in [-0.1, -0.05) is 44.2 Å². The van der Waals surface area contributed by atoms with Crippen molar-refractivity contribution < 1.29 is 4.74 Å². The SMILES string of the molecule is CC(C)C1COC(=c2ccc3c(c2)C=c2ccccc2=3)N1. The molecule has 2 aromatic carbocycles. The molecule has 21 heavy (non-hydrogen) atoms. The van der Waals surface area contributed by atoms with E-state index in [-0.39, 0.29) is 0 Å². The van der Waals surface area contributed by atoms with Gasteiger partial charge in [-0.25, -0.2) is 0 Å². The highest BCUT2D eigenvalue weighted by atomic mass is 16.5.